The first-order valence-electron chi connectivity index (χ1n) is 8.84. The van der Waals surface area contributed by atoms with E-state index in [1.165, 1.54) is 10.7 Å². The van der Waals surface area contributed by atoms with Crippen LogP contribution in [-0.2, 0) is 17.8 Å². The Balaban J connectivity index is 1.38. The van der Waals surface area contributed by atoms with Crippen molar-refractivity contribution < 1.29 is 9.53 Å². The highest BCUT2D eigenvalue weighted by atomic mass is 16.5. The molecule has 1 aromatic heterocycles. The van der Waals surface area contributed by atoms with Gasteiger partial charge < -0.3 is 10.1 Å². The lowest BCUT2D eigenvalue weighted by molar-refractivity contribution is -0.122. The van der Waals surface area contributed by atoms with E-state index in [0.29, 0.717) is 12.2 Å². The lowest BCUT2D eigenvalue weighted by Crippen LogP contribution is -2.38. The average Bonchev–Trinajstić information content (AvgIpc) is 3.12. The zero-order chi connectivity index (χ0) is 18.6. The van der Waals surface area contributed by atoms with Crippen molar-refractivity contribution in [3.05, 3.63) is 82.6 Å². The van der Waals surface area contributed by atoms with Gasteiger partial charge in [0.25, 0.3) is 5.56 Å². The van der Waals surface area contributed by atoms with Gasteiger partial charge in [-0.1, -0.05) is 48.5 Å². The van der Waals surface area contributed by atoms with Crippen LogP contribution in [0.2, 0.25) is 0 Å². The van der Waals surface area contributed by atoms with Crippen molar-refractivity contribution >= 4 is 5.91 Å². The summed E-state index contributed by atoms with van der Waals surface area (Å²) >= 11 is 0. The van der Waals surface area contributed by atoms with Crippen LogP contribution in [0.15, 0.2) is 71.5 Å². The summed E-state index contributed by atoms with van der Waals surface area (Å²) in [5.41, 5.74) is 2.38. The van der Waals surface area contributed by atoms with Crippen molar-refractivity contribution in [1.82, 2.24) is 15.1 Å². The van der Waals surface area contributed by atoms with Crippen molar-refractivity contribution in [2.24, 2.45) is 0 Å². The van der Waals surface area contributed by atoms with Gasteiger partial charge in [-0.2, -0.15) is 5.10 Å². The number of carbonyl (C=O) groups excluding carboxylic acids is 1. The fourth-order valence-electron chi connectivity index (χ4n) is 3.11. The van der Waals surface area contributed by atoms with Crippen LogP contribution >= 0.6 is 0 Å². The minimum absolute atomic E-state index is 0.0910. The molecule has 136 valence electrons. The maximum Gasteiger partial charge on any atom is 0.267 e. The van der Waals surface area contributed by atoms with E-state index < -0.39 is 0 Å². The molecule has 1 atom stereocenters. The Morgan fingerprint density at radius 2 is 1.85 bits per heavy atom. The number of rotatable bonds is 5. The van der Waals surface area contributed by atoms with Gasteiger partial charge in [0.1, 0.15) is 18.4 Å². The van der Waals surface area contributed by atoms with Crippen LogP contribution in [0.1, 0.15) is 5.56 Å². The summed E-state index contributed by atoms with van der Waals surface area (Å²) in [7, 11) is 0. The molecular formula is C21H19N3O3. The third-order valence-corrected chi connectivity index (χ3v) is 4.47. The van der Waals surface area contributed by atoms with Crippen LogP contribution in [0.5, 0.6) is 5.75 Å². The number of benzene rings is 2. The second kappa shape index (κ2) is 7.45. The lowest BCUT2D eigenvalue weighted by atomic mass is 10.1. The number of para-hydroxylation sites is 1. The molecular weight excluding hydrogens is 342 g/mol. The molecule has 6 nitrogen and oxygen atoms in total. The Bertz CT molecular complexity index is 989. The second-order valence-electron chi connectivity index (χ2n) is 6.44. The number of fused-ring (bicyclic) bond motifs is 1. The van der Waals surface area contributed by atoms with Gasteiger partial charge in [-0.3, -0.25) is 9.59 Å². The van der Waals surface area contributed by atoms with E-state index in [-0.39, 0.29) is 24.1 Å². The Labute approximate surface area is 156 Å². The number of aromatic nitrogens is 2. The van der Waals surface area contributed by atoms with E-state index in [9.17, 15) is 9.59 Å². The molecule has 4 rings (SSSR count). The largest absolute Gasteiger partial charge is 0.488 e. The maximum absolute atomic E-state index is 12.3. The van der Waals surface area contributed by atoms with Gasteiger partial charge in [-0.25, -0.2) is 4.68 Å². The first kappa shape index (κ1) is 17.0. The van der Waals surface area contributed by atoms with Crippen LogP contribution in [0.25, 0.3) is 11.3 Å². The summed E-state index contributed by atoms with van der Waals surface area (Å²) in [5, 5.41) is 7.14. The molecule has 1 aliphatic heterocycles. The van der Waals surface area contributed by atoms with Crippen LogP contribution < -0.4 is 15.6 Å². The first-order chi connectivity index (χ1) is 13.2. The molecule has 27 heavy (non-hydrogen) atoms. The lowest BCUT2D eigenvalue weighted by Gasteiger charge is -2.12. The van der Waals surface area contributed by atoms with Gasteiger partial charge >= 0.3 is 0 Å². The molecule has 0 spiro atoms. The van der Waals surface area contributed by atoms with Crippen LogP contribution in [0.3, 0.4) is 0 Å². The summed E-state index contributed by atoms with van der Waals surface area (Å²) in [5.74, 6) is 0.597. The Hall–Kier alpha value is -3.41. The SMILES string of the molecule is O=C(Cn1nc(-c2ccccc2)ccc1=O)NCC1Cc2ccccc2O1. The van der Waals surface area contributed by atoms with Gasteiger partial charge in [-0.15, -0.1) is 0 Å². The minimum Gasteiger partial charge on any atom is -0.488 e. The summed E-state index contributed by atoms with van der Waals surface area (Å²) in [6.07, 6.45) is 0.671. The van der Waals surface area contributed by atoms with E-state index in [1.54, 1.807) is 6.07 Å². The van der Waals surface area contributed by atoms with E-state index in [0.717, 1.165) is 23.3 Å². The molecule has 0 radical (unpaired) electrons. The molecule has 2 heterocycles. The van der Waals surface area contributed by atoms with Gasteiger partial charge in [-0.05, 0) is 17.7 Å². The number of carbonyl (C=O) groups is 1. The van der Waals surface area contributed by atoms with Crippen molar-refractivity contribution in [3.8, 4) is 17.0 Å². The Morgan fingerprint density at radius 1 is 1.07 bits per heavy atom. The summed E-state index contributed by atoms with van der Waals surface area (Å²) in [6, 6.07) is 20.5. The molecule has 6 heteroatoms. The number of ether oxygens (including phenoxy) is 1. The normalized spacial score (nSPS) is 15.0. The highest BCUT2D eigenvalue weighted by Crippen LogP contribution is 2.27. The quantitative estimate of drug-likeness (QED) is 0.755. The topological polar surface area (TPSA) is 73.2 Å². The predicted octanol–water partition coefficient (Wildman–Crippen LogP) is 2.03. The van der Waals surface area contributed by atoms with Gasteiger partial charge in [0, 0.05) is 18.1 Å². The molecule has 2 aromatic carbocycles. The van der Waals surface area contributed by atoms with E-state index in [2.05, 4.69) is 10.4 Å². The summed E-state index contributed by atoms with van der Waals surface area (Å²) in [4.78, 5) is 24.3. The molecule has 0 aliphatic carbocycles. The Kier molecular flexibility index (Phi) is 4.70. The van der Waals surface area contributed by atoms with Crippen molar-refractivity contribution in [2.75, 3.05) is 6.54 Å². The zero-order valence-corrected chi connectivity index (χ0v) is 14.7. The first-order valence-corrected chi connectivity index (χ1v) is 8.84. The number of nitrogens with one attached hydrogen (secondary N) is 1. The Morgan fingerprint density at radius 3 is 2.67 bits per heavy atom. The highest BCUT2D eigenvalue weighted by molar-refractivity contribution is 5.75. The molecule has 1 unspecified atom stereocenters. The number of nitrogens with zero attached hydrogens (tertiary/aromatic N) is 2. The second-order valence-corrected chi connectivity index (χ2v) is 6.44. The van der Waals surface area contributed by atoms with Gasteiger partial charge in [0.2, 0.25) is 5.91 Å². The third kappa shape index (κ3) is 3.89. The van der Waals surface area contributed by atoms with E-state index >= 15 is 0 Å². The smallest absolute Gasteiger partial charge is 0.267 e. The zero-order valence-electron chi connectivity index (χ0n) is 14.7. The number of hydrogen-bond donors (Lipinski definition) is 1. The maximum atomic E-state index is 12.3. The molecule has 0 saturated carbocycles. The standard InChI is InChI=1S/C21H19N3O3/c25-20(22-13-17-12-16-8-4-5-9-19(16)27-17)14-24-21(26)11-10-18(23-24)15-6-2-1-3-7-15/h1-11,17H,12-14H2,(H,22,25). The fraction of sp³-hybridized carbons (Fsp3) is 0.190. The molecule has 1 aliphatic rings. The van der Waals surface area contributed by atoms with Crippen molar-refractivity contribution in [3.63, 3.8) is 0 Å². The average molecular weight is 361 g/mol. The minimum atomic E-state index is -0.311. The molecule has 1 amide bonds. The van der Waals surface area contributed by atoms with Crippen LogP contribution in [0.4, 0.5) is 0 Å². The summed E-state index contributed by atoms with van der Waals surface area (Å²) < 4.78 is 6.99. The van der Waals surface area contributed by atoms with Crippen LogP contribution in [0, 0.1) is 0 Å². The third-order valence-electron chi connectivity index (χ3n) is 4.47. The molecule has 3 aromatic rings. The van der Waals surface area contributed by atoms with E-state index in [4.69, 9.17) is 4.74 Å². The predicted molar refractivity (Wildman–Crippen MR) is 102 cm³/mol. The van der Waals surface area contributed by atoms with Crippen molar-refractivity contribution in [2.45, 2.75) is 19.1 Å². The van der Waals surface area contributed by atoms with Crippen molar-refractivity contribution in [1.29, 1.82) is 0 Å². The van der Waals surface area contributed by atoms with E-state index in [1.807, 2.05) is 54.6 Å². The molecule has 0 saturated heterocycles. The monoisotopic (exact) mass is 361 g/mol. The van der Waals surface area contributed by atoms with Gasteiger partial charge in [0.15, 0.2) is 0 Å². The fourth-order valence-corrected chi connectivity index (χ4v) is 3.11. The molecule has 0 bridgehead atoms. The van der Waals surface area contributed by atoms with Crippen LogP contribution in [-0.4, -0.2) is 28.3 Å². The van der Waals surface area contributed by atoms with Gasteiger partial charge in [0.05, 0.1) is 12.2 Å². The summed E-state index contributed by atoms with van der Waals surface area (Å²) in [6.45, 7) is 0.264. The number of hydrogen-bond acceptors (Lipinski definition) is 4. The molecule has 1 N–H and O–H groups in total. The number of amides is 1. The highest BCUT2D eigenvalue weighted by Gasteiger charge is 2.22. The molecule has 0 fully saturated rings.